The maximum Gasteiger partial charge on any atom is 0.343 e. The van der Waals surface area contributed by atoms with Crippen LogP contribution in [0.15, 0.2) is 109 Å². The van der Waals surface area contributed by atoms with Crippen molar-refractivity contribution in [3.8, 4) is 34.5 Å². The summed E-state index contributed by atoms with van der Waals surface area (Å²) in [7, 11) is 0. The molecule has 14 heteroatoms. The SMILES string of the molecule is C=C(C)C(=O)OCCCCCCOc1ccc(C(=O)Oc2ccc(OC(=O)CCCC)c(C(C)(C)C)c2)cc1.C=C(C)C(=O)OCCCCCCOc1ccc(C(=O)Oc2ccc(OC(=O)CCCCC)c(C(C)(C)C)c2)cc1. The van der Waals surface area contributed by atoms with Gasteiger partial charge in [-0.15, -0.1) is 0 Å². The Morgan fingerprint density at radius 1 is 0.405 bits per heavy atom. The second kappa shape index (κ2) is 34.6. The minimum Gasteiger partial charge on any atom is -0.494 e. The Kier molecular flexibility index (Phi) is 28.9. The van der Waals surface area contributed by atoms with E-state index in [1.807, 2.05) is 48.5 Å². The van der Waals surface area contributed by atoms with Gasteiger partial charge in [0.05, 0.1) is 37.6 Å². The molecule has 14 nitrogen and oxygen atoms in total. The van der Waals surface area contributed by atoms with Crippen molar-refractivity contribution in [2.24, 2.45) is 0 Å². The highest BCUT2D eigenvalue weighted by Crippen LogP contribution is 2.36. The lowest BCUT2D eigenvalue weighted by Gasteiger charge is -2.23. The van der Waals surface area contributed by atoms with Crippen molar-refractivity contribution in [1.82, 2.24) is 0 Å². The van der Waals surface area contributed by atoms with Crippen LogP contribution in [0.1, 0.15) is 197 Å². The predicted molar refractivity (Wildman–Crippen MR) is 307 cm³/mol. The first-order chi connectivity index (χ1) is 37.5. The summed E-state index contributed by atoms with van der Waals surface area (Å²) in [6, 6.07) is 23.8. The van der Waals surface area contributed by atoms with Gasteiger partial charge in [0.2, 0.25) is 0 Å². The van der Waals surface area contributed by atoms with Crippen molar-refractivity contribution in [2.75, 3.05) is 26.4 Å². The lowest BCUT2D eigenvalue weighted by Crippen LogP contribution is -2.17. The van der Waals surface area contributed by atoms with Crippen molar-refractivity contribution in [1.29, 1.82) is 0 Å². The molecule has 0 aliphatic carbocycles. The summed E-state index contributed by atoms with van der Waals surface area (Å²) in [6.45, 7) is 28.5. The number of carbonyl (C=O) groups excluding carboxylic acids is 6. The van der Waals surface area contributed by atoms with Gasteiger partial charge in [-0.3, -0.25) is 9.59 Å². The number of hydrogen-bond donors (Lipinski definition) is 0. The molecule has 0 N–H and O–H groups in total. The van der Waals surface area contributed by atoms with Crippen LogP contribution in [0.5, 0.6) is 34.5 Å². The highest BCUT2D eigenvalue weighted by atomic mass is 16.6. The highest BCUT2D eigenvalue weighted by molar-refractivity contribution is 5.92. The maximum atomic E-state index is 12.8. The van der Waals surface area contributed by atoms with Gasteiger partial charge >= 0.3 is 35.8 Å². The molecule has 4 aromatic rings. The Morgan fingerprint density at radius 3 is 1.09 bits per heavy atom. The summed E-state index contributed by atoms with van der Waals surface area (Å²) >= 11 is 0. The van der Waals surface area contributed by atoms with Gasteiger partial charge in [0.15, 0.2) is 0 Å². The standard InChI is InChI=1S/C33H44O7.C32H42O7/c1-7-8-11-14-30(34)40-29-20-19-27(23-28(29)33(4,5)6)39-32(36)25-15-17-26(18-16-25)37-21-12-9-10-13-22-38-31(35)24(2)3;1-7-8-13-29(33)39-28-19-18-26(22-27(28)32(4,5)6)38-31(35)24-14-16-25(17-15-24)36-20-11-9-10-12-21-37-30(34)23(2)3/h15-20,23H,2,7-14,21-22H2,1,3-6H3;14-19,22H,2,7-13,20-21H2,1,3-6H3. The van der Waals surface area contributed by atoms with Gasteiger partial charge in [-0.2, -0.15) is 0 Å². The third kappa shape index (κ3) is 25.9. The van der Waals surface area contributed by atoms with Crippen LogP contribution < -0.4 is 28.4 Å². The first-order valence-corrected chi connectivity index (χ1v) is 27.8. The first-order valence-electron chi connectivity index (χ1n) is 27.8. The monoisotopic (exact) mass is 1090 g/mol. The second-order valence-electron chi connectivity index (χ2n) is 21.5. The van der Waals surface area contributed by atoms with Crippen LogP contribution in [-0.2, 0) is 39.5 Å². The molecule has 0 spiro atoms. The van der Waals surface area contributed by atoms with Crippen molar-refractivity contribution in [2.45, 2.75) is 176 Å². The lowest BCUT2D eigenvalue weighted by molar-refractivity contribution is -0.139. The largest absolute Gasteiger partial charge is 0.494 e. The minimum absolute atomic E-state index is 0.257. The van der Waals surface area contributed by atoms with Gasteiger partial charge in [-0.25, -0.2) is 19.2 Å². The zero-order chi connectivity index (χ0) is 58.4. The average molecular weight is 1090 g/mol. The van der Waals surface area contributed by atoms with Gasteiger partial charge < -0.3 is 37.9 Å². The molecule has 0 aliphatic rings. The zero-order valence-corrected chi connectivity index (χ0v) is 48.6. The van der Waals surface area contributed by atoms with E-state index in [2.05, 4.69) is 20.1 Å². The molecule has 0 unspecified atom stereocenters. The van der Waals surface area contributed by atoms with E-state index < -0.39 is 11.9 Å². The molecule has 430 valence electrons. The summed E-state index contributed by atoms with van der Waals surface area (Å²) in [4.78, 5) is 72.6. The molecule has 79 heavy (non-hydrogen) atoms. The quantitative estimate of drug-likeness (QED) is 0.0201. The average Bonchev–Trinajstić information content (AvgIpc) is 3.42. The molecule has 0 saturated heterocycles. The fraction of sp³-hybridized carbons (Fsp3) is 0.477. The summed E-state index contributed by atoms with van der Waals surface area (Å²) in [6.07, 6.45) is 12.4. The predicted octanol–water partition coefficient (Wildman–Crippen LogP) is 15.1. The van der Waals surface area contributed by atoms with E-state index in [0.717, 1.165) is 94.6 Å². The fourth-order valence-electron chi connectivity index (χ4n) is 7.46. The Morgan fingerprint density at radius 2 is 0.747 bits per heavy atom. The van der Waals surface area contributed by atoms with Gasteiger partial charge in [-0.1, -0.05) is 87.8 Å². The van der Waals surface area contributed by atoms with Gasteiger partial charge in [-0.05, 0) is 174 Å². The first kappa shape index (κ1) is 66.1. The summed E-state index contributed by atoms with van der Waals surface area (Å²) < 4.78 is 44.2. The second-order valence-corrected chi connectivity index (χ2v) is 21.5. The van der Waals surface area contributed by atoms with Crippen LogP contribution in [0.2, 0.25) is 0 Å². The molecule has 0 aliphatic heterocycles. The Hall–Kier alpha value is -7.22. The van der Waals surface area contributed by atoms with Crippen molar-refractivity contribution in [3.05, 3.63) is 131 Å². The van der Waals surface area contributed by atoms with Crippen molar-refractivity contribution < 1.29 is 66.7 Å². The molecule has 0 atom stereocenters. The number of benzene rings is 4. The van der Waals surface area contributed by atoms with Crippen LogP contribution in [0, 0.1) is 0 Å². The lowest BCUT2D eigenvalue weighted by atomic mass is 9.86. The van der Waals surface area contributed by atoms with E-state index in [-0.39, 0.29) is 34.7 Å². The summed E-state index contributed by atoms with van der Waals surface area (Å²) in [5, 5.41) is 0. The molecule has 0 amide bonds. The van der Waals surface area contributed by atoms with E-state index in [1.54, 1.807) is 98.8 Å². The maximum absolute atomic E-state index is 12.8. The van der Waals surface area contributed by atoms with Crippen molar-refractivity contribution in [3.63, 3.8) is 0 Å². The number of rotatable bonds is 31. The van der Waals surface area contributed by atoms with Crippen molar-refractivity contribution >= 4 is 35.8 Å². The van der Waals surface area contributed by atoms with Gasteiger partial charge in [0.1, 0.15) is 34.5 Å². The Bertz CT molecular complexity index is 2600. The van der Waals surface area contributed by atoms with E-state index in [1.165, 1.54) is 0 Å². The molecule has 4 rings (SSSR count). The Balaban J connectivity index is 0.000000415. The number of carbonyl (C=O) groups is 6. The molecule has 0 fully saturated rings. The molecular weight excluding hydrogens is 1000 g/mol. The highest BCUT2D eigenvalue weighted by Gasteiger charge is 2.24. The van der Waals surface area contributed by atoms with E-state index in [4.69, 9.17) is 37.9 Å². The number of esters is 6. The number of ether oxygens (including phenoxy) is 8. The molecule has 0 bridgehead atoms. The summed E-state index contributed by atoms with van der Waals surface area (Å²) in [5.41, 5.74) is 2.56. The number of unbranched alkanes of at least 4 members (excludes halogenated alkanes) is 9. The molecular formula is C65H86O14. The third-order valence-electron chi connectivity index (χ3n) is 12.1. The normalized spacial score (nSPS) is 11.0. The topological polar surface area (TPSA) is 176 Å². The van der Waals surface area contributed by atoms with Crippen LogP contribution in [0.25, 0.3) is 0 Å². The smallest absolute Gasteiger partial charge is 0.343 e. The van der Waals surface area contributed by atoms with Crippen LogP contribution in [-0.4, -0.2) is 62.2 Å². The molecule has 0 heterocycles. The van der Waals surface area contributed by atoms with E-state index >= 15 is 0 Å². The minimum atomic E-state index is -0.485. The number of hydrogen-bond acceptors (Lipinski definition) is 14. The molecule has 0 aromatic heterocycles. The third-order valence-corrected chi connectivity index (χ3v) is 12.1. The zero-order valence-electron chi connectivity index (χ0n) is 48.6. The fourth-order valence-corrected chi connectivity index (χ4v) is 7.46. The summed E-state index contributed by atoms with van der Waals surface area (Å²) in [5.74, 6) is 0.894. The van der Waals surface area contributed by atoms with Gasteiger partial charge in [0.25, 0.3) is 0 Å². The van der Waals surface area contributed by atoms with Crippen LogP contribution in [0.3, 0.4) is 0 Å². The molecule has 0 saturated carbocycles. The van der Waals surface area contributed by atoms with Crippen LogP contribution >= 0.6 is 0 Å². The Labute approximate surface area is 469 Å². The molecule has 0 radical (unpaired) electrons. The van der Waals surface area contributed by atoms with Crippen LogP contribution in [0.4, 0.5) is 0 Å². The molecule has 4 aromatic carbocycles. The van der Waals surface area contributed by atoms with Gasteiger partial charge in [0, 0.05) is 35.1 Å². The van der Waals surface area contributed by atoms with E-state index in [0.29, 0.717) is 96.0 Å². The van der Waals surface area contributed by atoms with E-state index in [9.17, 15) is 28.8 Å².